The summed E-state index contributed by atoms with van der Waals surface area (Å²) in [5.41, 5.74) is 1.59. The van der Waals surface area contributed by atoms with Crippen molar-refractivity contribution in [2.24, 2.45) is 0 Å². The summed E-state index contributed by atoms with van der Waals surface area (Å²) in [7, 11) is 1.47. The van der Waals surface area contributed by atoms with E-state index in [4.69, 9.17) is 4.74 Å². The lowest BCUT2D eigenvalue weighted by atomic mass is 10.1. The summed E-state index contributed by atoms with van der Waals surface area (Å²) in [4.78, 5) is 11.5. The number of aryl methyl sites for hydroxylation is 1. The molecule has 0 fully saturated rings. The molecule has 1 aromatic carbocycles. The van der Waals surface area contributed by atoms with Crippen LogP contribution in [0, 0.1) is 6.92 Å². The summed E-state index contributed by atoms with van der Waals surface area (Å²) in [6.07, 6.45) is -4.43. The number of rotatable bonds is 6. The number of hydrogen-bond acceptors (Lipinski definition) is 3. The lowest BCUT2D eigenvalue weighted by molar-refractivity contribution is -0.175. The van der Waals surface area contributed by atoms with Crippen LogP contribution in [0.15, 0.2) is 18.2 Å². The molecule has 0 atom stereocenters. The van der Waals surface area contributed by atoms with Crippen molar-refractivity contribution in [3.05, 3.63) is 29.3 Å². The van der Waals surface area contributed by atoms with Crippen LogP contribution in [-0.2, 0) is 16.0 Å². The molecular formula is C13H15F3O3. The number of carbonyl (C=O) groups excluding carboxylic acids is 1. The zero-order valence-corrected chi connectivity index (χ0v) is 10.7. The molecule has 0 aliphatic rings. The Kier molecular flexibility index (Phi) is 5.35. The SMILES string of the molecule is COc1ccc(C)cc1CC(=O)COCC(F)(F)F. The first-order chi connectivity index (χ1) is 8.81. The van der Waals surface area contributed by atoms with Crippen LogP contribution in [-0.4, -0.2) is 32.3 Å². The minimum atomic E-state index is -4.42. The molecule has 1 aromatic rings. The Hall–Kier alpha value is -1.56. The van der Waals surface area contributed by atoms with Crippen molar-refractivity contribution in [3.63, 3.8) is 0 Å². The number of carbonyl (C=O) groups is 1. The third-order valence-electron chi connectivity index (χ3n) is 2.35. The van der Waals surface area contributed by atoms with E-state index in [1.54, 1.807) is 12.1 Å². The second-order valence-electron chi connectivity index (χ2n) is 4.14. The lowest BCUT2D eigenvalue weighted by Crippen LogP contribution is -2.21. The van der Waals surface area contributed by atoms with E-state index in [2.05, 4.69) is 4.74 Å². The average molecular weight is 276 g/mol. The molecule has 0 N–H and O–H groups in total. The van der Waals surface area contributed by atoms with Crippen molar-refractivity contribution in [1.29, 1.82) is 0 Å². The molecule has 0 bridgehead atoms. The molecule has 0 spiro atoms. The average Bonchev–Trinajstić information content (AvgIpc) is 2.27. The molecular weight excluding hydrogens is 261 g/mol. The Morgan fingerprint density at radius 3 is 2.58 bits per heavy atom. The van der Waals surface area contributed by atoms with Gasteiger partial charge in [0.05, 0.1) is 7.11 Å². The molecule has 0 aliphatic heterocycles. The molecule has 19 heavy (non-hydrogen) atoms. The standard InChI is InChI=1S/C13H15F3O3/c1-9-3-4-12(18-2)10(5-9)6-11(17)7-19-8-13(14,15)16/h3-5H,6-8H2,1-2H3. The van der Waals surface area contributed by atoms with Crippen LogP contribution < -0.4 is 4.74 Å². The second-order valence-corrected chi connectivity index (χ2v) is 4.14. The Bertz CT molecular complexity index is 441. The number of Topliss-reactive ketones (excluding diaryl/α,β-unsaturated/α-hetero) is 1. The molecule has 106 valence electrons. The Labute approximate surface area is 109 Å². The van der Waals surface area contributed by atoms with Gasteiger partial charge in [0.15, 0.2) is 5.78 Å². The van der Waals surface area contributed by atoms with Crippen molar-refractivity contribution in [3.8, 4) is 5.75 Å². The van der Waals surface area contributed by atoms with Crippen LogP contribution in [0.2, 0.25) is 0 Å². The summed E-state index contributed by atoms with van der Waals surface area (Å²) < 4.78 is 45.0. The van der Waals surface area contributed by atoms with Gasteiger partial charge in [-0.15, -0.1) is 0 Å². The van der Waals surface area contributed by atoms with Crippen molar-refractivity contribution in [1.82, 2.24) is 0 Å². The predicted octanol–water partition coefficient (Wildman–Crippen LogP) is 2.69. The summed E-state index contributed by atoms with van der Waals surface area (Å²) in [6, 6.07) is 5.31. The number of methoxy groups -OCH3 is 1. The molecule has 0 aromatic heterocycles. The van der Waals surface area contributed by atoms with E-state index in [1.807, 2.05) is 13.0 Å². The Morgan fingerprint density at radius 2 is 2.00 bits per heavy atom. The topological polar surface area (TPSA) is 35.5 Å². The van der Waals surface area contributed by atoms with E-state index >= 15 is 0 Å². The number of ether oxygens (including phenoxy) is 2. The molecule has 0 saturated heterocycles. The largest absolute Gasteiger partial charge is 0.496 e. The van der Waals surface area contributed by atoms with Gasteiger partial charge in [-0.25, -0.2) is 0 Å². The van der Waals surface area contributed by atoms with E-state index in [0.29, 0.717) is 11.3 Å². The molecule has 0 saturated carbocycles. The molecule has 0 heterocycles. The molecule has 6 heteroatoms. The quantitative estimate of drug-likeness (QED) is 0.801. The highest BCUT2D eigenvalue weighted by atomic mass is 19.4. The number of benzene rings is 1. The van der Waals surface area contributed by atoms with Gasteiger partial charge in [0.2, 0.25) is 0 Å². The van der Waals surface area contributed by atoms with Crippen molar-refractivity contribution in [2.75, 3.05) is 20.3 Å². The fraction of sp³-hybridized carbons (Fsp3) is 0.462. The predicted molar refractivity (Wildman–Crippen MR) is 63.3 cm³/mol. The summed E-state index contributed by atoms with van der Waals surface area (Å²) in [5.74, 6) is 0.114. The van der Waals surface area contributed by atoms with Crippen LogP contribution in [0.1, 0.15) is 11.1 Å². The molecule has 0 radical (unpaired) electrons. The van der Waals surface area contributed by atoms with Crippen LogP contribution in [0.25, 0.3) is 0 Å². The maximum absolute atomic E-state index is 11.8. The van der Waals surface area contributed by atoms with Crippen LogP contribution >= 0.6 is 0 Å². The maximum atomic E-state index is 11.8. The van der Waals surface area contributed by atoms with E-state index in [-0.39, 0.29) is 6.42 Å². The van der Waals surface area contributed by atoms with Gasteiger partial charge in [-0.1, -0.05) is 17.7 Å². The first-order valence-electron chi connectivity index (χ1n) is 5.61. The third kappa shape index (κ3) is 5.74. The number of halogens is 3. The second kappa shape index (κ2) is 6.56. The van der Waals surface area contributed by atoms with E-state index in [1.165, 1.54) is 7.11 Å². The van der Waals surface area contributed by atoms with Gasteiger partial charge >= 0.3 is 6.18 Å². The minimum Gasteiger partial charge on any atom is -0.496 e. The third-order valence-corrected chi connectivity index (χ3v) is 2.35. The Morgan fingerprint density at radius 1 is 1.32 bits per heavy atom. The maximum Gasteiger partial charge on any atom is 0.411 e. The molecule has 1 rings (SSSR count). The van der Waals surface area contributed by atoms with E-state index in [0.717, 1.165) is 5.56 Å². The van der Waals surface area contributed by atoms with Crippen molar-refractivity contribution >= 4 is 5.78 Å². The first-order valence-corrected chi connectivity index (χ1v) is 5.61. The molecule has 0 aliphatic carbocycles. The van der Waals surface area contributed by atoms with Crippen molar-refractivity contribution < 1.29 is 27.4 Å². The van der Waals surface area contributed by atoms with Gasteiger partial charge in [0, 0.05) is 12.0 Å². The fourth-order valence-electron chi connectivity index (χ4n) is 1.59. The highest BCUT2D eigenvalue weighted by Crippen LogP contribution is 2.20. The van der Waals surface area contributed by atoms with Gasteiger partial charge in [0.1, 0.15) is 19.0 Å². The lowest BCUT2D eigenvalue weighted by Gasteiger charge is -2.10. The Balaban J connectivity index is 2.55. The van der Waals surface area contributed by atoms with Crippen LogP contribution in [0.3, 0.4) is 0 Å². The summed E-state index contributed by atoms with van der Waals surface area (Å²) >= 11 is 0. The number of hydrogen-bond donors (Lipinski definition) is 0. The van der Waals surface area contributed by atoms with Crippen LogP contribution in [0.5, 0.6) is 5.75 Å². The van der Waals surface area contributed by atoms with Gasteiger partial charge < -0.3 is 9.47 Å². The molecule has 0 amide bonds. The normalized spacial score (nSPS) is 11.4. The van der Waals surface area contributed by atoms with E-state index < -0.39 is 25.2 Å². The number of alkyl halides is 3. The molecule has 0 unspecified atom stereocenters. The highest BCUT2D eigenvalue weighted by molar-refractivity contribution is 5.82. The first kappa shape index (κ1) is 15.5. The summed E-state index contributed by atoms with van der Waals surface area (Å²) in [5, 5.41) is 0. The van der Waals surface area contributed by atoms with E-state index in [9.17, 15) is 18.0 Å². The van der Waals surface area contributed by atoms with Gasteiger partial charge in [0.25, 0.3) is 0 Å². The van der Waals surface area contributed by atoms with Gasteiger partial charge in [-0.2, -0.15) is 13.2 Å². The zero-order valence-electron chi connectivity index (χ0n) is 10.7. The highest BCUT2D eigenvalue weighted by Gasteiger charge is 2.27. The minimum absolute atomic E-state index is 0.0112. The van der Waals surface area contributed by atoms with Gasteiger partial charge in [-0.05, 0) is 13.0 Å². The van der Waals surface area contributed by atoms with Crippen molar-refractivity contribution in [2.45, 2.75) is 19.5 Å². The smallest absolute Gasteiger partial charge is 0.411 e. The fourth-order valence-corrected chi connectivity index (χ4v) is 1.59. The zero-order chi connectivity index (χ0) is 14.5. The van der Waals surface area contributed by atoms with Crippen LogP contribution in [0.4, 0.5) is 13.2 Å². The van der Waals surface area contributed by atoms with Gasteiger partial charge in [-0.3, -0.25) is 4.79 Å². The summed E-state index contributed by atoms with van der Waals surface area (Å²) in [6.45, 7) is -0.117. The monoisotopic (exact) mass is 276 g/mol. The molecule has 3 nitrogen and oxygen atoms in total. The number of ketones is 1.